The molecule has 0 bridgehead atoms. The Morgan fingerprint density at radius 3 is 2.45 bits per heavy atom. The number of hydrogen-bond acceptors (Lipinski definition) is 4. The third-order valence-electron chi connectivity index (χ3n) is 4.71. The molecule has 1 saturated heterocycles. The number of likely N-dealkylation sites (N-methyl/N-ethyl adjacent to an activating group) is 1. The molecule has 3 N–H and O–H groups in total. The molecular formula is C15H30N4O. The van der Waals surface area contributed by atoms with E-state index in [0.29, 0.717) is 18.4 Å². The smallest absolute Gasteiger partial charge is 0.220 e. The van der Waals surface area contributed by atoms with Gasteiger partial charge in [-0.25, -0.2) is 0 Å². The van der Waals surface area contributed by atoms with E-state index < -0.39 is 0 Å². The summed E-state index contributed by atoms with van der Waals surface area (Å²) in [5, 5.41) is 3.07. The zero-order chi connectivity index (χ0) is 14.4. The third kappa shape index (κ3) is 5.38. The van der Waals surface area contributed by atoms with E-state index in [-0.39, 0.29) is 5.91 Å². The number of nitrogens with two attached hydrogens (primary N) is 1. The number of nitrogens with zero attached hydrogens (tertiary/aromatic N) is 2. The van der Waals surface area contributed by atoms with E-state index in [0.717, 1.165) is 65.0 Å². The molecule has 1 aliphatic carbocycles. The predicted octanol–water partition coefficient (Wildman–Crippen LogP) is 0.258. The Bertz CT molecular complexity index is 294. The first-order valence-corrected chi connectivity index (χ1v) is 8.06. The Morgan fingerprint density at radius 2 is 1.80 bits per heavy atom. The molecule has 116 valence electrons. The largest absolute Gasteiger partial charge is 0.355 e. The SMILES string of the molecule is CN1CCN(CCNC(=O)CC2CCC(N)CC2)CC1. The summed E-state index contributed by atoms with van der Waals surface area (Å²) in [4.78, 5) is 16.7. The highest BCUT2D eigenvalue weighted by Gasteiger charge is 2.21. The number of nitrogens with one attached hydrogen (secondary N) is 1. The van der Waals surface area contributed by atoms with E-state index in [9.17, 15) is 4.79 Å². The van der Waals surface area contributed by atoms with Gasteiger partial charge >= 0.3 is 0 Å². The first-order valence-electron chi connectivity index (χ1n) is 8.06. The van der Waals surface area contributed by atoms with Crippen LogP contribution in [0, 0.1) is 5.92 Å². The fourth-order valence-electron chi connectivity index (χ4n) is 3.15. The second kappa shape index (κ2) is 7.96. The first kappa shape index (κ1) is 15.7. The highest BCUT2D eigenvalue weighted by Crippen LogP contribution is 2.25. The topological polar surface area (TPSA) is 61.6 Å². The van der Waals surface area contributed by atoms with Crippen molar-refractivity contribution in [3.8, 4) is 0 Å². The minimum Gasteiger partial charge on any atom is -0.355 e. The van der Waals surface area contributed by atoms with Crippen molar-refractivity contribution in [1.29, 1.82) is 0 Å². The average Bonchev–Trinajstić information content (AvgIpc) is 2.44. The summed E-state index contributed by atoms with van der Waals surface area (Å²) in [6.07, 6.45) is 5.09. The third-order valence-corrected chi connectivity index (χ3v) is 4.71. The maximum atomic E-state index is 11.9. The summed E-state index contributed by atoms with van der Waals surface area (Å²) >= 11 is 0. The number of carbonyl (C=O) groups excluding carboxylic acids is 1. The molecule has 0 aromatic carbocycles. The van der Waals surface area contributed by atoms with E-state index in [1.807, 2.05) is 0 Å². The molecular weight excluding hydrogens is 252 g/mol. The molecule has 1 saturated carbocycles. The van der Waals surface area contributed by atoms with Gasteiger partial charge < -0.3 is 16.0 Å². The summed E-state index contributed by atoms with van der Waals surface area (Å²) in [6.45, 7) is 6.27. The fraction of sp³-hybridized carbons (Fsp3) is 0.933. The Hall–Kier alpha value is -0.650. The second-order valence-corrected chi connectivity index (χ2v) is 6.48. The molecule has 2 rings (SSSR count). The summed E-state index contributed by atoms with van der Waals surface area (Å²) < 4.78 is 0. The number of hydrogen-bond donors (Lipinski definition) is 2. The molecule has 2 aliphatic rings. The number of piperazine rings is 1. The predicted molar refractivity (Wildman–Crippen MR) is 81.5 cm³/mol. The number of amides is 1. The van der Waals surface area contributed by atoms with Crippen molar-refractivity contribution in [3.05, 3.63) is 0 Å². The molecule has 0 aromatic heterocycles. The standard InChI is InChI=1S/C15H30N4O/c1-18-8-10-19(11-9-18)7-6-17-15(20)12-13-2-4-14(16)5-3-13/h13-14H,2-12,16H2,1H3,(H,17,20). The quantitative estimate of drug-likeness (QED) is 0.759. The second-order valence-electron chi connectivity index (χ2n) is 6.48. The van der Waals surface area contributed by atoms with Gasteiger partial charge in [-0.1, -0.05) is 0 Å². The van der Waals surface area contributed by atoms with Gasteiger partial charge in [-0.15, -0.1) is 0 Å². The van der Waals surface area contributed by atoms with Crippen LogP contribution in [0.5, 0.6) is 0 Å². The minimum absolute atomic E-state index is 0.222. The lowest BCUT2D eigenvalue weighted by Crippen LogP contribution is -2.47. The van der Waals surface area contributed by atoms with Crippen LogP contribution in [0.4, 0.5) is 0 Å². The van der Waals surface area contributed by atoms with E-state index in [1.54, 1.807) is 0 Å². The van der Waals surface area contributed by atoms with Crippen molar-refractivity contribution in [2.75, 3.05) is 46.3 Å². The molecule has 1 heterocycles. The lowest BCUT2D eigenvalue weighted by molar-refractivity contribution is -0.122. The molecule has 5 nitrogen and oxygen atoms in total. The molecule has 1 amide bonds. The minimum atomic E-state index is 0.222. The number of carbonyl (C=O) groups is 1. The molecule has 0 aromatic rings. The summed E-state index contributed by atoms with van der Waals surface area (Å²) in [5.41, 5.74) is 5.89. The van der Waals surface area contributed by atoms with Crippen LogP contribution in [0.25, 0.3) is 0 Å². The van der Waals surface area contributed by atoms with Crippen molar-refractivity contribution in [3.63, 3.8) is 0 Å². The van der Waals surface area contributed by atoms with Crippen LogP contribution in [-0.4, -0.2) is 68.1 Å². The van der Waals surface area contributed by atoms with Gasteiger partial charge in [-0.2, -0.15) is 0 Å². The Kier molecular flexibility index (Phi) is 6.26. The van der Waals surface area contributed by atoms with E-state index in [4.69, 9.17) is 5.73 Å². The van der Waals surface area contributed by atoms with Gasteiger partial charge in [-0.05, 0) is 38.6 Å². The Balaban J connectivity index is 1.54. The van der Waals surface area contributed by atoms with Gasteiger partial charge in [0.05, 0.1) is 0 Å². The number of rotatable bonds is 5. The van der Waals surface area contributed by atoms with Crippen LogP contribution in [-0.2, 0) is 4.79 Å². The van der Waals surface area contributed by atoms with Crippen LogP contribution in [0.1, 0.15) is 32.1 Å². The summed E-state index contributed by atoms with van der Waals surface area (Å²) in [7, 11) is 2.16. The van der Waals surface area contributed by atoms with Gasteiger partial charge in [0, 0.05) is 51.7 Å². The van der Waals surface area contributed by atoms with Crippen LogP contribution in [0.2, 0.25) is 0 Å². The molecule has 2 fully saturated rings. The molecule has 0 radical (unpaired) electrons. The molecule has 20 heavy (non-hydrogen) atoms. The first-order chi connectivity index (χ1) is 9.63. The zero-order valence-corrected chi connectivity index (χ0v) is 12.8. The van der Waals surface area contributed by atoms with Crippen molar-refractivity contribution in [1.82, 2.24) is 15.1 Å². The lowest BCUT2D eigenvalue weighted by Gasteiger charge is -2.32. The molecule has 0 unspecified atom stereocenters. The van der Waals surface area contributed by atoms with Crippen molar-refractivity contribution in [2.45, 2.75) is 38.1 Å². The lowest BCUT2D eigenvalue weighted by atomic mass is 9.84. The highest BCUT2D eigenvalue weighted by molar-refractivity contribution is 5.76. The van der Waals surface area contributed by atoms with Crippen molar-refractivity contribution < 1.29 is 4.79 Å². The maximum absolute atomic E-state index is 11.9. The van der Waals surface area contributed by atoms with E-state index in [1.165, 1.54) is 0 Å². The highest BCUT2D eigenvalue weighted by atomic mass is 16.1. The zero-order valence-electron chi connectivity index (χ0n) is 12.8. The fourth-order valence-corrected chi connectivity index (χ4v) is 3.15. The van der Waals surface area contributed by atoms with Crippen LogP contribution in [0.3, 0.4) is 0 Å². The molecule has 0 atom stereocenters. The van der Waals surface area contributed by atoms with Crippen molar-refractivity contribution in [2.24, 2.45) is 11.7 Å². The summed E-state index contributed by atoms with van der Waals surface area (Å²) in [5.74, 6) is 0.776. The van der Waals surface area contributed by atoms with Crippen molar-refractivity contribution >= 4 is 5.91 Å². The normalized spacial score (nSPS) is 29.3. The van der Waals surface area contributed by atoms with Gasteiger partial charge in [0.1, 0.15) is 0 Å². The van der Waals surface area contributed by atoms with Gasteiger partial charge in [0.25, 0.3) is 0 Å². The van der Waals surface area contributed by atoms with Crippen LogP contribution in [0.15, 0.2) is 0 Å². The van der Waals surface area contributed by atoms with Gasteiger partial charge in [0.15, 0.2) is 0 Å². The van der Waals surface area contributed by atoms with Crippen LogP contribution < -0.4 is 11.1 Å². The Labute approximate surface area is 122 Å². The maximum Gasteiger partial charge on any atom is 0.220 e. The molecule has 1 aliphatic heterocycles. The average molecular weight is 282 g/mol. The van der Waals surface area contributed by atoms with Crippen LogP contribution >= 0.6 is 0 Å². The van der Waals surface area contributed by atoms with Gasteiger partial charge in [0.2, 0.25) is 5.91 Å². The van der Waals surface area contributed by atoms with Gasteiger partial charge in [-0.3, -0.25) is 9.69 Å². The monoisotopic (exact) mass is 282 g/mol. The molecule has 5 heteroatoms. The van der Waals surface area contributed by atoms with E-state index in [2.05, 4.69) is 22.2 Å². The molecule has 0 spiro atoms. The van der Waals surface area contributed by atoms with E-state index >= 15 is 0 Å². The Morgan fingerprint density at radius 1 is 1.15 bits per heavy atom. The summed E-state index contributed by atoms with van der Waals surface area (Å²) in [6, 6.07) is 0.367.